The number of hydrogen-bond acceptors (Lipinski definition) is 6. The number of carbonyl (C=O) groups is 2. The van der Waals surface area contributed by atoms with E-state index in [1.165, 1.54) is 0 Å². The van der Waals surface area contributed by atoms with E-state index in [1.54, 1.807) is 30.3 Å². The standard InChI is InChI=1S/C19H12F3N3O4S/c20-19(21,22)18(29)9-13(12-6-5-10-3-1-2-4-11(10)7-12)24-25(18)17-23-16(28)14(30-17)8-15(26)27/h1-8,29H,9H2,(H,26,27)/b14-8-/t18-/m1/s1. The number of aliphatic imine (C=N–C) groups is 1. The molecule has 7 nitrogen and oxygen atoms in total. The van der Waals surface area contributed by atoms with Gasteiger partial charge < -0.3 is 10.2 Å². The van der Waals surface area contributed by atoms with Gasteiger partial charge in [-0.05, 0) is 34.2 Å². The maximum atomic E-state index is 13.8. The van der Waals surface area contributed by atoms with Crippen molar-refractivity contribution in [2.45, 2.75) is 18.3 Å². The summed E-state index contributed by atoms with van der Waals surface area (Å²) in [6.07, 6.45) is -5.47. The molecule has 0 unspecified atom stereocenters. The molecule has 0 aliphatic carbocycles. The number of thioether (sulfide) groups is 1. The highest BCUT2D eigenvalue weighted by Gasteiger charge is 2.63. The van der Waals surface area contributed by atoms with Crippen LogP contribution in [-0.4, -0.2) is 49.9 Å². The van der Waals surface area contributed by atoms with Gasteiger partial charge in [0, 0.05) is 6.08 Å². The van der Waals surface area contributed by atoms with Crippen molar-refractivity contribution >= 4 is 45.3 Å². The number of fused-ring (bicyclic) bond motifs is 1. The van der Waals surface area contributed by atoms with Gasteiger partial charge >= 0.3 is 12.1 Å². The van der Waals surface area contributed by atoms with Crippen LogP contribution in [0.2, 0.25) is 0 Å². The molecule has 4 rings (SSSR count). The summed E-state index contributed by atoms with van der Waals surface area (Å²) in [5.74, 6) is -2.47. The number of rotatable bonds is 2. The van der Waals surface area contributed by atoms with Gasteiger partial charge in [0.1, 0.15) is 0 Å². The van der Waals surface area contributed by atoms with Gasteiger partial charge in [-0.25, -0.2) is 4.79 Å². The summed E-state index contributed by atoms with van der Waals surface area (Å²) >= 11 is 0.402. The smallest absolute Gasteiger partial charge is 0.438 e. The zero-order valence-electron chi connectivity index (χ0n) is 14.9. The molecule has 0 radical (unpaired) electrons. The number of hydrazone groups is 1. The molecule has 0 spiro atoms. The first-order valence-electron chi connectivity index (χ1n) is 8.50. The largest absolute Gasteiger partial charge is 0.478 e. The Morgan fingerprint density at radius 1 is 1.20 bits per heavy atom. The molecule has 11 heteroatoms. The molecule has 0 fully saturated rings. The van der Waals surface area contributed by atoms with Crippen LogP contribution >= 0.6 is 11.8 Å². The number of hydrogen-bond donors (Lipinski definition) is 2. The fraction of sp³-hybridized carbons (Fsp3) is 0.158. The van der Waals surface area contributed by atoms with E-state index in [0.717, 1.165) is 10.8 Å². The zero-order chi connectivity index (χ0) is 21.7. The van der Waals surface area contributed by atoms with E-state index in [-0.39, 0.29) is 15.6 Å². The van der Waals surface area contributed by atoms with Crippen LogP contribution in [0.4, 0.5) is 13.2 Å². The van der Waals surface area contributed by atoms with Crippen molar-refractivity contribution in [2.75, 3.05) is 0 Å². The predicted molar refractivity (Wildman–Crippen MR) is 104 cm³/mol. The third-order valence-electron chi connectivity index (χ3n) is 4.57. The second-order valence-corrected chi connectivity index (χ2v) is 7.57. The Balaban J connectivity index is 1.76. The van der Waals surface area contributed by atoms with Crippen molar-refractivity contribution in [3.8, 4) is 0 Å². The minimum atomic E-state index is -5.12. The van der Waals surface area contributed by atoms with Crippen molar-refractivity contribution in [1.82, 2.24) is 5.01 Å². The van der Waals surface area contributed by atoms with Gasteiger partial charge in [0.05, 0.1) is 17.0 Å². The summed E-state index contributed by atoms with van der Waals surface area (Å²) in [6.45, 7) is 0. The summed E-state index contributed by atoms with van der Waals surface area (Å²) in [5, 5.41) is 24.5. The lowest BCUT2D eigenvalue weighted by atomic mass is 9.98. The van der Waals surface area contributed by atoms with Crippen LogP contribution < -0.4 is 0 Å². The SMILES string of the molecule is O=C(O)/C=C1\SC(N2N=C(c3ccc4ccccc4c3)C[C@@]2(O)C(F)(F)F)=NC1=O. The van der Waals surface area contributed by atoms with Crippen LogP contribution in [0.1, 0.15) is 12.0 Å². The third kappa shape index (κ3) is 3.35. The number of aliphatic carboxylic acids is 1. The fourth-order valence-electron chi connectivity index (χ4n) is 3.10. The molecule has 2 aliphatic heterocycles. The molecule has 30 heavy (non-hydrogen) atoms. The minimum absolute atomic E-state index is 0.0491. The lowest BCUT2D eigenvalue weighted by Crippen LogP contribution is -2.56. The van der Waals surface area contributed by atoms with Crippen LogP contribution in [-0.2, 0) is 9.59 Å². The van der Waals surface area contributed by atoms with Crippen LogP contribution in [0.3, 0.4) is 0 Å². The van der Waals surface area contributed by atoms with Gasteiger partial charge in [0.15, 0.2) is 5.17 Å². The maximum Gasteiger partial charge on any atom is 0.438 e. The number of amidine groups is 1. The highest BCUT2D eigenvalue weighted by molar-refractivity contribution is 8.18. The predicted octanol–water partition coefficient (Wildman–Crippen LogP) is 3.10. The molecule has 0 saturated heterocycles. The average molecular weight is 435 g/mol. The first kappa shape index (κ1) is 20.1. The van der Waals surface area contributed by atoms with Crippen LogP contribution in [0.5, 0.6) is 0 Å². The lowest BCUT2D eigenvalue weighted by Gasteiger charge is -2.33. The van der Waals surface area contributed by atoms with Gasteiger partial charge in [0.25, 0.3) is 11.6 Å². The number of benzene rings is 2. The summed E-state index contributed by atoms with van der Waals surface area (Å²) in [7, 11) is 0. The van der Waals surface area contributed by atoms with Crippen molar-refractivity contribution in [3.63, 3.8) is 0 Å². The number of nitrogens with zero attached hydrogens (tertiary/aromatic N) is 3. The monoisotopic (exact) mass is 435 g/mol. The Kier molecular flexibility index (Phi) is 4.66. The Morgan fingerprint density at radius 2 is 1.90 bits per heavy atom. The number of aliphatic hydroxyl groups is 1. The molecule has 1 atom stereocenters. The summed E-state index contributed by atoms with van der Waals surface area (Å²) in [6, 6.07) is 12.2. The topological polar surface area (TPSA) is 103 Å². The number of amides is 1. The summed E-state index contributed by atoms with van der Waals surface area (Å²) in [5.41, 5.74) is -3.11. The molecular weight excluding hydrogens is 423 g/mol. The molecule has 0 aromatic heterocycles. The number of alkyl halides is 3. The Bertz CT molecular complexity index is 1180. The fourth-order valence-corrected chi connectivity index (χ4v) is 3.99. The quantitative estimate of drug-likeness (QED) is 0.703. The minimum Gasteiger partial charge on any atom is -0.478 e. The number of carboxylic acid groups (broad SMARTS) is 1. The van der Waals surface area contributed by atoms with Gasteiger partial charge in [0.2, 0.25) is 0 Å². The van der Waals surface area contributed by atoms with Crippen LogP contribution in [0.25, 0.3) is 10.8 Å². The summed E-state index contributed by atoms with van der Waals surface area (Å²) in [4.78, 5) is 25.7. The second-order valence-electron chi connectivity index (χ2n) is 6.56. The highest BCUT2D eigenvalue weighted by Crippen LogP contribution is 2.44. The Morgan fingerprint density at radius 3 is 2.57 bits per heavy atom. The van der Waals surface area contributed by atoms with Crippen LogP contribution in [0, 0.1) is 0 Å². The molecule has 2 aromatic carbocycles. The van der Waals surface area contributed by atoms with E-state index in [9.17, 15) is 27.9 Å². The van der Waals surface area contributed by atoms with E-state index < -0.39 is 35.4 Å². The van der Waals surface area contributed by atoms with Gasteiger partial charge in [-0.3, -0.25) is 4.79 Å². The van der Waals surface area contributed by atoms with Gasteiger partial charge in [-0.1, -0.05) is 36.4 Å². The average Bonchev–Trinajstić information content (AvgIpc) is 3.21. The van der Waals surface area contributed by atoms with Gasteiger partial charge in [-0.2, -0.15) is 28.3 Å². The lowest BCUT2D eigenvalue weighted by molar-refractivity contribution is -0.294. The molecule has 2 aromatic rings. The van der Waals surface area contributed by atoms with E-state index in [0.29, 0.717) is 23.4 Å². The van der Waals surface area contributed by atoms with E-state index in [2.05, 4.69) is 10.1 Å². The van der Waals surface area contributed by atoms with E-state index >= 15 is 0 Å². The van der Waals surface area contributed by atoms with E-state index in [4.69, 9.17) is 5.11 Å². The summed E-state index contributed by atoms with van der Waals surface area (Å²) < 4.78 is 41.3. The maximum absolute atomic E-state index is 13.8. The Hall–Kier alpha value is -3.18. The second kappa shape index (κ2) is 6.96. The molecule has 2 N–H and O–H groups in total. The molecule has 2 heterocycles. The third-order valence-corrected chi connectivity index (χ3v) is 5.53. The number of carboxylic acids is 1. The highest BCUT2D eigenvalue weighted by atomic mass is 32.2. The van der Waals surface area contributed by atoms with Crippen molar-refractivity contribution < 1.29 is 33.0 Å². The number of carbonyl (C=O) groups excluding carboxylic acids is 1. The first-order valence-corrected chi connectivity index (χ1v) is 9.32. The van der Waals surface area contributed by atoms with Gasteiger partial charge in [-0.15, -0.1) is 0 Å². The zero-order valence-corrected chi connectivity index (χ0v) is 15.7. The molecule has 154 valence electrons. The molecule has 0 saturated carbocycles. The van der Waals surface area contributed by atoms with Crippen molar-refractivity contribution in [3.05, 3.63) is 59.0 Å². The van der Waals surface area contributed by atoms with Crippen molar-refractivity contribution in [2.24, 2.45) is 10.1 Å². The normalized spacial score (nSPS) is 23.3. The van der Waals surface area contributed by atoms with E-state index in [1.807, 2.05) is 12.1 Å². The van der Waals surface area contributed by atoms with Crippen LogP contribution in [0.15, 0.2) is 63.5 Å². The first-order chi connectivity index (χ1) is 14.1. The Labute approximate surface area is 171 Å². The van der Waals surface area contributed by atoms with Crippen molar-refractivity contribution in [1.29, 1.82) is 0 Å². The number of halogens is 3. The molecule has 1 amide bonds. The molecule has 0 bridgehead atoms. The molecular formula is C19H12F3N3O4S. The molecule has 2 aliphatic rings.